The molecule has 1 aliphatic carbocycles. The molecule has 14 rings (SSSR count). The van der Waals surface area contributed by atoms with Crippen molar-refractivity contribution in [3.63, 3.8) is 0 Å². The molecule has 8 aliphatic heterocycles. The van der Waals surface area contributed by atoms with E-state index in [4.69, 9.17) is 0 Å². The van der Waals surface area contributed by atoms with Crippen LogP contribution in [0.15, 0.2) is 85.5 Å². The minimum atomic E-state index is 0.122. The van der Waals surface area contributed by atoms with Crippen LogP contribution in [0.25, 0.3) is 0 Å². The lowest BCUT2D eigenvalue weighted by Gasteiger charge is -2.50. The fraction of sp³-hybridized carbons (Fsp3) is 0.787. The highest BCUT2D eigenvalue weighted by molar-refractivity contribution is 5.79. The Hall–Kier alpha value is -6.91. The number of hydrogen-bond acceptors (Lipinski definition) is 14. The van der Waals surface area contributed by atoms with Gasteiger partial charge < -0.3 is 39.2 Å². The van der Waals surface area contributed by atoms with Gasteiger partial charge in [0.15, 0.2) is 5.82 Å². The molecule has 9 aliphatic rings. The van der Waals surface area contributed by atoms with Crippen LogP contribution in [-0.4, -0.2) is 167 Å². The van der Waals surface area contributed by atoms with Crippen LogP contribution in [0.3, 0.4) is 0 Å². The molecular weight excluding hydrogens is 1770 g/mol. The van der Waals surface area contributed by atoms with Gasteiger partial charge in [-0.3, -0.25) is 14.4 Å². The molecule has 0 bridgehead atoms. The van der Waals surface area contributed by atoms with Crippen LogP contribution in [0.4, 0.5) is 29.1 Å². The largest absolute Gasteiger partial charge is 0.371 e. The number of aryl methyl sites for hydroxylation is 5. The van der Waals surface area contributed by atoms with Gasteiger partial charge in [0.2, 0.25) is 23.7 Å². The molecule has 12 heterocycles. The maximum absolute atomic E-state index is 12.1. The molecule has 1 saturated carbocycles. The minimum Gasteiger partial charge on any atom is -0.371 e. The predicted octanol–water partition coefficient (Wildman–Crippen LogP) is 30.4. The Morgan fingerprint density at radius 1 is 0.354 bits per heavy atom. The highest BCUT2D eigenvalue weighted by Gasteiger charge is 2.52. The molecule has 144 heavy (non-hydrogen) atoms. The van der Waals surface area contributed by atoms with Gasteiger partial charge in [-0.05, 0) is 287 Å². The van der Waals surface area contributed by atoms with Crippen molar-refractivity contribution < 1.29 is 14.4 Å². The molecule has 0 radical (unpaired) electrons. The van der Waals surface area contributed by atoms with Gasteiger partial charge in [-0.15, -0.1) is 5.10 Å². The first-order valence-corrected chi connectivity index (χ1v) is 57.2. The number of anilines is 5. The number of rotatable bonds is 11. The Balaban J connectivity index is 0.000000223. The average Bonchev–Trinajstić information content (AvgIpc) is 1.59. The number of piperidine rings is 7. The molecule has 1 aromatic carbocycles. The van der Waals surface area contributed by atoms with Crippen molar-refractivity contribution in [3.05, 3.63) is 113 Å². The summed E-state index contributed by atoms with van der Waals surface area (Å²) in [6.07, 6.45) is 19.6. The zero-order valence-electron chi connectivity index (χ0n) is 102. The van der Waals surface area contributed by atoms with Gasteiger partial charge in [0.05, 0.1) is 5.69 Å². The van der Waals surface area contributed by atoms with Crippen LogP contribution in [-0.2, 0) is 14.4 Å². The summed E-state index contributed by atoms with van der Waals surface area (Å²) in [6.45, 7) is 122. The molecule has 12 atom stereocenters. The molecule has 17 heteroatoms. The molecule has 5 aromatic rings. The van der Waals surface area contributed by atoms with Gasteiger partial charge in [-0.25, -0.2) is 19.9 Å². The number of carbonyl (C=O) groups is 3. The Bertz CT molecular complexity index is 4530. The van der Waals surface area contributed by atoms with E-state index in [1.54, 1.807) is 0 Å². The van der Waals surface area contributed by atoms with Crippen molar-refractivity contribution in [2.45, 2.75) is 383 Å². The van der Waals surface area contributed by atoms with Crippen LogP contribution >= 0.6 is 0 Å². The predicted molar refractivity (Wildman–Crippen MR) is 617 cm³/mol. The van der Waals surface area contributed by atoms with Gasteiger partial charge in [-0.2, -0.15) is 5.10 Å². The van der Waals surface area contributed by atoms with E-state index in [2.05, 4.69) is 389 Å². The summed E-state index contributed by atoms with van der Waals surface area (Å²) >= 11 is 0. The van der Waals surface area contributed by atoms with Crippen LogP contribution in [0, 0.1) is 194 Å². The molecule has 0 N–H and O–H groups in total. The number of hydrogen-bond donors (Lipinski definition) is 0. The second kappa shape index (κ2) is 50.4. The first-order valence-electron chi connectivity index (χ1n) is 57.2. The zero-order chi connectivity index (χ0) is 109. The number of carbonyl (C=O) groups excluding carboxylic acids is 3. The van der Waals surface area contributed by atoms with Crippen LogP contribution in [0.1, 0.15) is 376 Å². The highest BCUT2D eigenvalue weighted by Crippen LogP contribution is 2.55. The molecule has 816 valence electrons. The molecule has 9 fully saturated rings. The van der Waals surface area contributed by atoms with Gasteiger partial charge in [-0.1, -0.05) is 320 Å². The van der Waals surface area contributed by atoms with E-state index < -0.39 is 0 Å². The third kappa shape index (κ3) is 34.8. The summed E-state index contributed by atoms with van der Waals surface area (Å²) in [5, 5.41) is 8.48. The van der Waals surface area contributed by atoms with Crippen molar-refractivity contribution in [2.24, 2.45) is 160 Å². The minimum absolute atomic E-state index is 0.122. The number of aromatic nitrogens is 6. The Kier molecular flexibility index (Phi) is 43.4. The maximum atomic E-state index is 12.1. The number of likely N-dealkylation sites (tertiary alicyclic amines) is 3. The van der Waals surface area contributed by atoms with Gasteiger partial charge in [0, 0.05) is 153 Å². The second-order valence-electron chi connectivity index (χ2n) is 58.4. The number of benzene rings is 1. The lowest BCUT2D eigenvalue weighted by atomic mass is 9.62. The third-order valence-corrected chi connectivity index (χ3v) is 35.4. The summed E-state index contributed by atoms with van der Waals surface area (Å²) in [5.41, 5.74) is 11.4. The molecule has 17 nitrogen and oxygen atoms in total. The van der Waals surface area contributed by atoms with E-state index in [-0.39, 0.29) is 22.7 Å². The van der Waals surface area contributed by atoms with Crippen LogP contribution in [0.5, 0.6) is 0 Å². The number of fused-ring (bicyclic) bond motifs is 1. The summed E-state index contributed by atoms with van der Waals surface area (Å²) in [7, 11) is 0. The summed E-state index contributed by atoms with van der Waals surface area (Å²) in [4.78, 5) is 72.4. The zero-order valence-corrected chi connectivity index (χ0v) is 102. The summed E-state index contributed by atoms with van der Waals surface area (Å²) in [6, 6.07) is 21.8. The second-order valence-corrected chi connectivity index (χ2v) is 58.4. The van der Waals surface area contributed by atoms with Gasteiger partial charge in [0.1, 0.15) is 11.6 Å². The Labute approximate surface area is 885 Å². The van der Waals surface area contributed by atoms with Crippen LogP contribution < -0.4 is 24.5 Å². The van der Waals surface area contributed by atoms with Crippen molar-refractivity contribution in [2.75, 3.05) is 129 Å². The molecule has 3 amide bonds. The maximum Gasteiger partial charge on any atom is 0.225 e. The summed E-state index contributed by atoms with van der Waals surface area (Å²) in [5.74, 6) is 16.2. The van der Waals surface area contributed by atoms with Gasteiger partial charge >= 0.3 is 0 Å². The molecular formula is C127H220N14O3. The Morgan fingerprint density at radius 3 is 1.11 bits per heavy atom. The fourth-order valence-electron chi connectivity index (χ4n) is 29.1. The van der Waals surface area contributed by atoms with E-state index in [9.17, 15) is 14.4 Å². The smallest absolute Gasteiger partial charge is 0.225 e. The fourth-order valence-corrected chi connectivity index (χ4v) is 29.1. The quantitative estimate of drug-likeness (QED) is 0.123. The lowest BCUT2D eigenvalue weighted by Crippen LogP contribution is -2.52. The normalized spacial score (nSPS) is 25.7. The first-order chi connectivity index (χ1) is 66.1. The van der Waals surface area contributed by atoms with Crippen LogP contribution in [0.2, 0.25) is 0 Å². The Morgan fingerprint density at radius 2 is 0.722 bits per heavy atom. The monoisotopic (exact) mass is 1990 g/mol. The highest BCUT2D eigenvalue weighted by atomic mass is 16.2. The van der Waals surface area contributed by atoms with Crippen molar-refractivity contribution >= 4 is 46.8 Å². The van der Waals surface area contributed by atoms with E-state index in [1.165, 1.54) is 73.9 Å². The average molecular weight is 1990 g/mol. The van der Waals surface area contributed by atoms with E-state index in [0.29, 0.717) is 90.1 Å². The molecule has 12 unspecified atom stereocenters. The van der Waals surface area contributed by atoms with Crippen molar-refractivity contribution in [1.29, 1.82) is 0 Å². The van der Waals surface area contributed by atoms with Gasteiger partial charge in [0.25, 0.3) is 0 Å². The SMILES string of the molecule is CC(C)C(=O)N1CC2CC(C(C)(C)C)C(C)C2C1.CC(C)C(=O)N1CCC(C(C)(C)C)C(C)(C)C1.CCC(=O)N1CCC(C(C)(C)C)C(C)(C)C1.CCC1CN(c2ccc(C)cn2)CCC1C(C)(C)C.Cc1ccc(N2CCC(C(C)(C)C)C(C)(C)C2)cc1.Cc1ccc(N2CCC(C(C)(C)C)C(C)(C)C2)nc1.Cc1ccc(N2CCC(C(C)C)C(C)(C)C2)nn1.Cc1cnc(N2CCC(C(C)C)C(C)(C)C2)nc1. The van der Waals surface area contributed by atoms with E-state index >= 15 is 0 Å². The third-order valence-electron chi connectivity index (χ3n) is 35.4. The van der Waals surface area contributed by atoms with Crippen molar-refractivity contribution in [3.8, 4) is 0 Å². The summed E-state index contributed by atoms with van der Waals surface area (Å²) < 4.78 is 0. The lowest BCUT2D eigenvalue weighted by molar-refractivity contribution is -0.141. The number of amides is 3. The van der Waals surface area contributed by atoms with Crippen molar-refractivity contribution in [1.82, 2.24) is 44.8 Å². The first kappa shape index (κ1) is 124. The number of pyridine rings is 2. The van der Waals surface area contributed by atoms with E-state index in [0.717, 1.165) is 217 Å². The van der Waals surface area contributed by atoms with E-state index in [1.807, 2.05) is 84.2 Å². The standard InChI is InChI=1S/C18H29N.2C17H28N2.C16H29NO.2C15H25N3.C15H29NO.C14H27NO/c1-14-7-9-15(10-8-14)19-12-11-16(17(2,3)4)18(5,6)13-19;1-13-7-8-15(18-11-13)19-10-9-14(16(2,3)4)17(5,6)12-19;1-6-14-12-19(10-9-15(14)17(3,4)5)16-8-7-13(2)11-18-16;1-10(2)15(18)17-8-12-7-14(16(4,5)6)11(3)13(12)9-17;1-11(2)13-6-7-18(10-15(13,4)5)14-16-8-12(3)9-17-14;1-11(2)13-8-9-18(10-15(13,4)5)14-7-6-12(3)16-17-14;1-11(2)13(17)16-9-8-12(14(3,4)5)15(6,7)10-16;1-7-12(16)15-9-8-11(13(2,3)4)14(5,6)10-15/h7-10,16H,11-13H2,1-6H3;7-8,11,14H,9-10,12H2,1-6H3;7-8,11,14-15H,6,9-10,12H2,1-5H3;10-14H,7-9H2,1-6H3;8-9,11,13H,6-7,10H2,1-5H3;6-7,11,13H,8-10H2,1-5H3;11-12H,8-10H2,1-7H3;11H,7-10H2,1-6H3. The molecule has 4 aromatic heterocycles. The molecule has 0 spiro atoms. The number of nitrogens with zero attached hydrogens (tertiary/aromatic N) is 14. The topological polar surface area (TPSA) is 154 Å². The molecule has 8 saturated heterocycles.